The van der Waals surface area contributed by atoms with Gasteiger partial charge in [0.05, 0.1) is 54.7 Å². The van der Waals surface area contributed by atoms with E-state index in [9.17, 15) is 9.90 Å². The van der Waals surface area contributed by atoms with Crippen molar-refractivity contribution in [1.29, 1.82) is 0 Å². The topological polar surface area (TPSA) is 135 Å². The smallest absolute Gasteiger partial charge is 0.237 e. The Morgan fingerprint density at radius 3 is 2.02 bits per heavy atom. The van der Waals surface area contributed by atoms with Crippen molar-refractivity contribution in [2.24, 2.45) is 5.41 Å². The molecule has 2 aliphatic heterocycles. The van der Waals surface area contributed by atoms with Crippen molar-refractivity contribution in [3.05, 3.63) is 70.2 Å². The number of halogens is 2. The highest BCUT2D eigenvalue weighted by atomic mass is 35.5. The Kier molecular flexibility index (Phi) is 9.90. The number of likely N-dealkylation sites (tertiary alicyclic amines) is 1. The molecule has 13 heteroatoms. The van der Waals surface area contributed by atoms with Gasteiger partial charge < -0.3 is 25.2 Å². The zero-order valence-electron chi connectivity index (χ0n) is 26.5. The molecule has 47 heavy (non-hydrogen) atoms. The van der Waals surface area contributed by atoms with Gasteiger partial charge in [0.1, 0.15) is 11.4 Å². The van der Waals surface area contributed by atoms with Crippen molar-refractivity contribution in [1.82, 2.24) is 35.5 Å². The van der Waals surface area contributed by atoms with Crippen molar-refractivity contribution >= 4 is 29.1 Å². The molecular weight excluding hydrogens is 641 g/mol. The molecule has 1 amide bonds. The van der Waals surface area contributed by atoms with Crippen molar-refractivity contribution in [3.63, 3.8) is 0 Å². The number of aliphatic hydroxyl groups excluding tert-OH is 1. The van der Waals surface area contributed by atoms with E-state index in [1.807, 2.05) is 36.4 Å². The number of benzene rings is 2. The second-order valence-corrected chi connectivity index (χ2v) is 13.1. The molecule has 0 bridgehead atoms. The van der Waals surface area contributed by atoms with E-state index >= 15 is 0 Å². The number of rotatable bonds is 12. The lowest BCUT2D eigenvalue weighted by molar-refractivity contribution is -0.119. The van der Waals surface area contributed by atoms with Crippen molar-refractivity contribution in [2.75, 3.05) is 40.5 Å². The van der Waals surface area contributed by atoms with Gasteiger partial charge in [0.25, 0.3) is 0 Å². The predicted octanol–water partition coefficient (Wildman–Crippen LogP) is 4.77. The Hall–Kier alpha value is -3.87. The summed E-state index contributed by atoms with van der Waals surface area (Å²) in [5.41, 5.74) is 5.24. The van der Waals surface area contributed by atoms with Gasteiger partial charge in [0.15, 0.2) is 0 Å². The molecule has 2 saturated heterocycles. The first-order chi connectivity index (χ1) is 22.7. The summed E-state index contributed by atoms with van der Waals surface area (Å²) in [5.74, 6) is 0.900. The van der Waals surface area contributed by atoms with Gasteiger partial charge in [-0.2, -0.15) is 0 Å². The monoisotopic (exact) mass is 677 g/mol. The quantitative estimate of drug-likeness (QED) is 0.192. The maximum Gasteiger partial charge on any atom is 0.237 e. The van der Waals surface area contributed by atoms with E-state index < -0.39 is 0 Å². The highest BCUT2D eigenvalue weighted by Gasteiger charge is 2.38. The average Bonchev–Trinajstić information content (AvgIpc) is 3.49. The highest BCUT2D eigenvalue weighted by Crippen LogP contribution is 2.42. The normalized spacial score (nSPS) is 17.3. The molecule has 1 atom stereocenters. The molecular formula is C34H37Cl2N7O4. The maximum absolute atomic E-state index is 11.5. The van der Waals surface area contributed by atoms with Gasteiger partial charge in [-0.15, -0.1) is 0 Å². The van der Waals surface area contributed by atoms with Gasteiger partial charge in [-0.05, 0) is 6.42 Å². The SMILES string of the molecule is COc1nc(-c2cccc(-c3cccc(-c4cnc(CN5CC(C)(CO)C5)c(OC)n4)c3Cl)c2Cl)cnc1CNC[C@@H]1CCC(=O)N1. The second kappa shape index (κ2) is 14.1. The fourth-order valence-corrected chi connectivity index (χ4v) is 6.79. The number of methoxy groups -OCH3 is 2. The van der Waals surface area contributed by atoms with E-state index in [4.69, 9.17) is 42.6 Å². The van der Waals surface area contributed by atoms with E-state index in [1.165, 1.54) is 0 Å². The molecule has 0 spiro atoms. The summed E-state index contributed by atoms with van der Waals surface area (Å²) in [5, 5.41) is 16.8. The number of hydrogen-bond donors (Lipinski definition) is 3. The first-order valence-corrected chi connectivity index (χ1v) is 16.2. The van der Waals surface area contributed by atoms with Crippen molar-refractivity contribution < 1.29 is 19.4 Å². The van der Waals surface area contributed by atoms with Crippen molar-refractivity contribution in [3.8, 4) is 45.4 Å². The molecule has 11 nitrogen and oxygen atoms in total. The molecule has 246 valence electrons. The van der Waals surface area contributed by atoms with Crippen LogP contribution in [0, 0.1) is 5.41 Å². The van der Waals surface area contributed by atoms with Gasteiger partial charge in [-0.3, -0.25) is 19.7 Å². The Balaban J connectivity index is 1.23. The number of ether oxygens (including phenoxy) is 2. The summed E-state index contributed by atoms with van der Waals surface area (Å²) in [6.07, 6.45) is 4.75. The molecule has 2 aromatic carbocycles. The van der Waals surface area contributed by atoms with Crippen LogP contribution in [0.3, 0.4) is 0 Å². The summed E-state index contributed by atoms with van der Waals surface area (Å²) in [6.45, 7) is 5.44. The van der Waals surface area contributed by atoms with E-state index in [1.54, 1.807) is 26.6 Å². The van der Waals surface area contributed by atoms with Gasteiger partial charge in [-0.1, -0.05) is 66.5 Å². The standard InChI is InChI=1S/C34H37Cl2N7O4/c1-34(19-44)17-43(18-34)16-28-33(47-3)42-26(15-39-28)24-9-5-7-22(31(24)36)21-6-4-8-23(30(21)35)25-14-38-27(32(41-25)46-2)13-37-12-20-10-11-29(45)40-20/h4-9,14-15,20,37,44H,10-13,16-19H2,1-3H3,(H,40,45)/t20-/m0/s1. The molecule has 0 radical (unpaired) electrons. The minimum absolute atomic E-state index is 0.0799. The molecule has 6 rings (SSSR count). The Morgan fingerprint density at radius 1 is 0.936 bits per heavy atom. The van der Waals surface area contributed by atoms with Crippen LogP contribution in [-0.2, 0) is 17.9 Å². The van der Waals surface area contributed by atoms with Gasteiger partial charge in [0.2, 0.25) is 17.7 Å². The average molecular weight is 679 g/mol. The highest BCUT2D eigenvalue weighted by molar-refractivity contribution is 6.39. The van der Waals surface area contributed by atoms with Crippen LogP contribution in [0.15, 0.2) is 48.8 Å². The number of hydrogen-bond acceptors (Lipinski definition) is 10. The molecule has 2 aromatic heterocycles. The first kappa shape index (κ1) is 33.0. The fraction of sp³-hybridized carbons (Fsp3) is 0.382. The zero-order valence-corrected chi connectivity index (χ0v) is 28.0. The zero-order chi connectivity index (χ0) is 33.1. The largest absolute Gasteiger partial charge is 0.480 e. The Morgan fingerprint density at radius 2 is 1.49 bits per heavy atom. The summed E-state index contributed by atoms with van der Waals surface area (Å²) in [7, 11) is 3.13. The number of aromatic nitrogens is 4. The van der Waals surface area contributed by atoms with E-state index in [-0.39, 0.29) is 24.0 Å². The number of nitrogens with one attached hydrogen (secondary N) is 2. The van der Waals surface area contributed by atoms with Gasteiger partial charge in [-0.25, -0.2) is 9.97 Å². The molecule has 0 unspecified atom stereocenters. The van der Waals surface area contributed by atoms with Crippen LogP contribution in [0.4, 0.5) is 0 Å². The molecule has 3 N–H and O–H groups in total. The summed E-state index contributed by atoms with van der Waals surface area (Å²) in [4.78, 5) is 32.5. The van der Waals surface area contributed by atoms with E-state index in [0.29, 0.717) is 76.1 Å². The third-order valence-electron chi connectivity index (χ3n) is 8.58. The Labute approximate surface area is 283 Å². The second-order valence-electron chi connectivity index (χ2n) is 12.3. The molecule has 0 aliphatic carbocycles. The van der Waals surface area contributed by atoms with Crippen LogP contribution in [-0.4, -0.2) is 82.4 Å². The van der Waals surface area contributed by atoms with Crippen LogP contribution in [0.25, 0.3) is 33.6 Å². The lowest BCUT2D eigenvalue weighted by Gasteiger charge is -2.46. The van der Waals surface area contributed by atoms with Gasteiger partial charge in [0, 0.05) is 72.9 Å². The number of aliphatic hydroxyl groups is 1. The number of carbonyl (C=O) groups is 1. The van der Waals surface area contributed by atoms with Crippen LogP contribution >= 0.6 is 23.2 Å². The van der Waals surface area contributed by atoms with Crippen LogP contribution in [0.5, 0.6) is 11.8 Å². The minimum Gasteiger partial charge on any atom is -0.480 e. The lowest BCUT2D eigenvalue weighted by Crippen LogP contribution is -2.55. The lowest BCUT2D eigenvalue weighted by atomic mass is 9.83. The van der Waals surface area contributed by atoms with Crippen molar-refractivity contribution in [2.45, 2.75) is 38.9 Å². The molecule has 2 fully saturated rings. The third-order valence-corrected chi connectivity index (χ3v) is 9.40. The van der Waals surface area contributed by atoms with E-state index in [2.05, 4.69) is 32.4 Å². The minimum atomic E-state index is -0.0799. The number of carbonyl (C=O) groups excluding carboxylic acids is 1. The predicted molar refractivity (Wildman–Crippen MR) is 180 cm³/mol. The fourth-order valence-electron chi connectivity index (χ4n) is 6.14. The third kappa shape index (κ3) is 7.05. The van der Waals surface area contributed by atoms with Crippen LogP contribution < -0.4 is 20.1 Å². The molecule has 4 aromatic rings. The maximum atomic E-state index is 11.5. The number of nitrogens with zero attached hydrogens (tertiary/aromatic N) is 5. The van der Waals surface area contributed by atoms with Crippen LogP contribution in [0.1, 0.15) is 31.2 Å². The molecule has 4 heterocycles. The van der Waals surface area contributed by atoms with Crippen LogP contribution in [0.2, 0.25) is 10.0 Å². The molecule has 2 aliphatic rings. The molecule has 0 saturated carbocycles. The first-order valence-electron chi connectivity index (χ1n) is 15.4. The number of amides is 1. The Bertz CT molecular complexity index is 1780. The summed E-state index contributed by atoms with van der Waals surface area (Å²) < 4.78 is 11.2. The van der Waals surface area contributed by atoms with Gasteiger partial charge >= 0.3 is 0 Å². The summed E-state index contributed by atoms with van der Waals surface area (Å²) >= 11 is 14.1. The van der Waals surface area contributed by atoms with E-state index in [0.717, 1.165) is 36.3 Å². The summed E-state index contributed by atoms with van der Waals surface area (Å²) in [6, 6.07) is 11.5.